The summed E-state index contributed by atoms with van der Waals surface area (Å²) in [5.41, 5.74) is 0.902. The largest absolute Gasteiger partial charge is 0.416 e. The van der Waals surface area contributed by atoms with Crippen LogP contribution in [0.5, 0.6) is 0 Å². The number of aliphatic hydroxyl groups excluding tert-OH is 1. The van der Waals surface area contributed by atoms with Gasteiger partial charge in [-0.3, -0.25) is 9.48 Å². The van der Waals surface area contributed by atoms with Crippen molar-refractivity contribution in [1.29, 1.82) is 0 Å². The van der Waals surface area contributed by atoms with Crippen LogP contribution in [0.3, 0.4) is 0 Å². The minimum Gasteiger partial charge on any atom is -0.390 e. The number of hydrogen-bond donors (Lipinski definition) is 2. The molecule has 0 saturated carbocycles. The molecule has 44 heavy (non-hydrogen) atoms. The van der Waals surface area contributed by atoms with Gasteiger partial charge in [0.2, 0.25) is 10.0 Å². The molecule has 0 radical (unpaired) electrons. The number of nitrogens with zero attached hydrogens (tertiary/aromatic N) is 4. The third-order valence-corrected chi connectivity index (χ3v) is 9.55. The van der Waals surface area contributed by atoms with Gasteiger partial charge in [-0.25, -0.2) is 8.42 Å². The molecule has 0 spiro atoms. The van der Waals surface area contributed by atoms with E-state index in [1.165, 1.54) is 34.6 Å². The van der Waals surface area contributed by atoms with E-state index in [4.69, 9.17) is 28.3 Å². The van der Waals surface area contributed by atoms with Crippen LogP contribution in [-0.2, 0) is 42.3 Å². The first-order valence-corrected chi connectivity index (χ1v) is 16.7. The molecule has 2 N–H and O–H groups in total. The first-order chi connectivity index (χ1) is 20.7. The monoisotopic (exact) mass is 673 g/mol. The van der Waals surface area contributed by atoms with E-state index in [1.807, 2.05) is 0 Å². The van der Waals surface area contributed by atoms with Crippen molar-refractivity contribution in [2.24, 2.45) is 0 Å². The van der Waals surface area contributed by atoms with Gasteiger partial charge in [-0.1, -0.05) is 29.3 Å². The van der Waals surface area contributed by atoms with Gasteiger partial charge < -0.3 is 15.3 Å². The van der Waals surface area contributed by atoms with Gasteiger partial charge in [-0.05, 0) is 61.8 Å². The molecule has 5 rings (SSSR count). The molecule has 1 fully saturated rings. The third-order valence-electron chi connectivity index (χ3n) is 7.87. The Balaban J connectivity index is 1.49. The number of amides is 1. The lowest BCUT2D eigenvalue weighted by Crippen LogP contribution is -2.37. The summed E-state index contributed by atoms with van der Waals surface area (Å²) >= 11 is 12.0. The molecule has 9 nitrogen and oxygen atoms in total. The highest BCUT2D eigenvalue weighted by atomic mass is 35.5. The van der Waals surface area contributed by atoms with Crippen LogP contribution >= 0.6 is 23.2 Å². The van der Waals surface area contributed by atoms with Crippen molar-refractivity contribution in [2.75, 3.05) is 32.4 Å². The van der Waals surface area contributed by atoms with Gasteiger partial charge in [-0.15, -0.1) is 0 Å². The van der Waals surface area contributed by atoms with E-state index in [0.717, 1.165) is 43.9 Å². The smallest absolute Gasteiger partial charge is 0.390 e. The number of sulfonamides is 1. The van der Waals surface area contributed by atoms with Crippen LogP contribution in [0.2, 0.25) is 10.0 Å². The van der Waals surface area contributed by atoms with Crippen LogP contribution in [0.4, 0.5) is 13.2 Å². The maximum Gasteiger partial charge on any atom is 0.416 e. The number of hydrogen-bond acceptors (Lipinski definition) is 6. The summed E-state index contributed by atoms with van der Waals surface area (Å²) in [7, 11) is -3.56. The Morgan fingerprint density at radius 3 is 2.39 bits per heavy atom. The standard InChI is InChI=1S/C29H32Cl2F3N5O4S/c1-44(42,43)38-9-6-26-24(17-38)27(36-39(26)16-23(40)15-37-7-2-3-8-37)18-4-5-25(29(32,33)34)20(10-18)14-35-28(41)19-11-21(30)13-22(31)12-19/h4-5,10-13,23,40H,2-3,6-9,14-17H2,1H3,(H,35,41). The van der Waals surface area contributed by atoms with Crippen LogP contribution in [0.1, 0.15) is 45.6 Å². The molecule has 3 aromatic rings. The Hall–Kier alpha value is -2.68. The molecule has 1 atom stereocenters. The summed E-state index contributed by atoms with van der Waals surface area (Å²) in [6.07, 6.45) is -1.87. The number of nitrogens with one attached hydrogen (secondary N) is 1. The minimum absolute atomic E-state index is 0.00562. The zero-order valence-corrected chi connectivity index (χ0v) is 26.2. The quantitative estimate of drug-likeness (QED) is 0.344. The fourth-order valence-electron chi connectivity index (χ4n) is 5.78. The van der Waals surface area contributed by atoms with E-state index < -0.39 is 40.3 Å². The van der Waals surface area contributed by atoms with E-state index in [-0.39, 0.29) is 40.8 Å². The predicted molar refractivity (Wildman–Crippen MR) is 161 cm³/mol. The number of carbonyl (C=O) groups excluding carboxylic acids is 1. The third kappa shape index (κ3) is 7.57. The molecule has 2 aliphatic heterocycles. The number of benzene rings is 2. The maximum atomic E-state index is 14.0. The van der Waals surface area contributed by atoms with Crippen molar-refractivity contribution in [1.82, 2.24) is 24.3 Å². The first kappa shape index (κ1) is 32.7. The Morgan fingerprint density at radius 2 is 1.75 bits per heavy atom. The van der Waals surface area contributed by atoms with Gasteiger partial charge in [0.05, 0.1) is 30.2 Å². The first-order valence-electron chi connectivity index (χ1n) is 14.1. The summed E-state index contributed by atoms with van der Waals surface area (Å²) in [4.78, 5) is 14.9. The Bertz CT molecular complexity index is 1640. The summed E-state index contributed by atoms with van der Waals surface area (Å²) in [6, 6.07) is 7.67. The normalized spacial score (nSPS) is 17.1. The van der Waals surface area contributed by atoms with E-state index in [9.17, 15) is 31.5 Å². The second-order valence-electron chi connectivity index (χ2n) is 11.2. The molecular weight excluding hydrogens is 642 g/mol. The number of rotatable bonds is 9. The van der Waals surface area contributed by atoms with Crippen molar-refractivity contribution < 1.29 is 31.5 Å². The van der Waals surface area contributed by atoms with E-state index in [2.05, 4.69) is 10.2 Å². The summed E-state index contributed by atoms with van der Waals surface area (Å²) in [5, 5.41) is 18.5. The molecule has 1 unspecified atom stereocenters. The average molecular weight is 675 g/mol. The molecular formula is C29H32Cl2F3N5O4S. The molecule has 238 valence electrons. The highest BCUT2D eigenvalue weighted by molar-refractivity contribution is 7.88. The number of carbonyl (C=O) groups is 1. The predicted octanol–water partition coefficient (Wildman–Crippen LogP) is 4.58. The zero-order valence-electron chi connectivity index (χ0n) is 23.9. The van der Waals surface area contributed by atoms with Gasteiger partial charge >= 0.3 is 6.18 Å². The molecule has 1 amide bonds. The van der Waals surface area contributed by atoms with Crippen molar-refractivity contribution in [2.45, 2.75) is 51.2 Å². The van der Waals surface area contributed by atoms with Crippen molar-refractivity contribution >= 4 is 39.1 Å². The molecule has 15 heteroatoms. The van der Waals surface area contributed by atoms with Gasteiger partial charge in [0, 0.05) is 65.0 Å². The molecule has 0 aliphatic carbocycles. The lowest BCUT2D eigenvalue weighted by Gasteiger charge is -2.26. The Labute approximate surface area is 263 Å². The fourth-order valence-corrected chi connectivity index (χ4v) is 7.09. The van der Waals surface area contributed by atoms with Crippen LogP contribution in [0, 0.1) is 0 Å². The van der Waals surface area contributed by atoms with Gasteiger partial charge in [0.25, 0.3) is 5.91 Å². The lowest BCUT2D eigenvalue weighted by molar-refractivity contribution is -0.138. The summed E-state index contributed by atoms with van der Waals surface area (Å²) in [5.74, 6) is -0.662. The van der Waals surface area contributed by atoms with Gasteiger partial charge in [0.15, 0.2) is 0 Å². The highest BCUT2D eigenvalue weighted by Gasteiger charge is 2.35. The van der Waals surface area contributed by atoms with Crippen LogP contribution in [0.15, 0.2) is 36.4 Å². The molecule has 1 saturated heterocycles. The van der Waals surface area contributed by atoms with E-state index in [1.54, 1.807) is 4.68 Å². The highest BCUT2D eigenvalue weighted by Crippen LogP contribution is 2.37. The number of aromatic nitrogens is 2. The summed E-state index contributed by atoms with van der Waals surface area (Å²) < 4.78 is 69.9. The number of β-amino-alcohol motifs (C(OH)–C–C–N with tert-alkyl or cyclic N) is 1. The van der Waals surface area contributed by atoms with Crippen molar-refractivity contribution in [3.8, 4) is 11.3 Å². The SMILES string of the molecule is CS(=O)(=O)N1CCc2c(c(-c3ccc(C(F)(F)F)c(CNC(=O)c4cc(Cl)cc(Cl)c4)c3)nn2CC(O)CN2CCCC2)C1. The number of alkyl halides is 3. The number of halogens is 5. The molecule has 2 aliphatic rings. The zero-order chi connectivity index (χ0) is 31.8. The Morgan fingerprint density at radius 1 is 1.07 bits per heavy atom. The van der Waals surface area contributed by atoms with E-state index >= 15 is 0 Å². The van der Waals surface area contributed by atoms with Gasteiger partial charge in [0.1, 0.15) is 0 Å². The van der Waals surface area contributed by atoms with Crippen LogP contribution < -0.4 is 5.32 Å². The van der Waals surface area contributed by atoms with Crippen LogP contribution in [0.25, 0.3) is 11.3 Å². The molecule has 3 heterocycles. The van der Waals surface area contributed by atoms with Crippen LogP contribution in [-0.4, -0.2) is 77.0 Å². The Kier molecular flexibility index (Phi) is 9.64. The minimum atomic E-state index is -4.70. The number of aliphatic hydroxyl groups is 1. The number of likely N-dealkylation sites (tertiary alicyclic amines) is 1. The topological polar surface area (TPSA) is 108 Å². The maximum absolute atomic E-state index is 14.0. The second kappa shape index (κ2) is 13.0. The van der Waals surface area contributed by atoms with Gasteiger partial charge in [-0.2, -0.15) is 22.6 Å². The average Bonchev–Trinajstić information content (AvgIpc) is 3.57. The van der Waals surface area contributed by atoms with Crippen molar-refractivity contribution in [3.63, 3.8) is 0 Å². The second-order valence-corrected chi connectivity index (χ2v) is 14.0. The lowest BCUT2D eigenvalue weighted by atomic mass is 9.97. The number of fused-ring (bicyclic) bond motifs is 1. The molecule has 0 bridgehead atoms. The fraction of sp³-hybridized carbons (Fsp3) is 0.448. The molecule has 1 aromatic heterocycles. The van der Waals surface area contributed by atoms with Crippen molar-refractivity contribution in [3.05, 3.63) is 74.4 Å². The van der Waals surface area contributed by atoms with E-state index in [0.29, 0.717) is 29.8 Å². The summed E-state index contributed by atoms with van der Waals surface area (Å²) in [6.45, 7) is 2.17. The molecule has 2 aromatic carbocycles.